The van der Waals surface area contributed by atoms with Crippen molar-refractivity contribution in [1.82, 2.24) is 0 Å². The number of hydrogen-bond donors (Lipinski definition) is 2. The maximum atomic E-state index is 10.7. The van der Waals surface area contributed by atoms with E-state index in [9.17, 15) is 8.42 Å². The van der Waals surface area contributed by atoms with Gasteiger partial charge in [0, 0.05) is 6.04 Å². The molecule has 66 valence electrons. The van der Waals surface area contributed by atoms with Gasteiger partial charge in [-0.2, -0.15) is 8.42 Å². The number of hydrogen-bond acceptors (Lipinski definition) is 3. The summed E-state index contributed by atoms with van der Waals surface area (Å²) >= 11 is 0. The zero-order valence-electron chi connectivity index (χ0n) is 6.23. The standard InChI is InChI=1S/C6H13NO3S/c7-5-3-1-2-4-6(5)11(8,9)10/h5-6H,1-4,7H2,(H,8,9,10)/t5-,6?/m0/s1. The average molecular weight is 179 g/mol. The molecule has 1 rings (SSSR count). The van der Waals surface area contributed by atoms with E-state index in [1.54, 1.807) is 0 Å². The fourth-order valence-electron chi connectivity index (χ4n) is 1.50. The summed E-state index contributed by atoms with van der Waals surface area (Å²) in [6.07, 6.45) is 3.01. The Bertz CT molecular complexity index is 224. The van der Waals surface area contributed by atoms with Crippen molar-refractivity contribution in [3.8, 4) is 0 Å². The molecular weight excluding hydrogens is 166 g/mol. The first-order valence-corrected chi connectivity index (χ1v) is 5.24. The molecule has 0 bridgehead atoms. The summed E-state index contributed by atoms with van der Waals surface area (Å²) < 4.78 is 30.0. The van der Waals surface area contributed by atoms with Gasteiger partial charge in [-0.1, -0.05) is 12.8 Å². The molecule has 1 fully saturated rings. The minimum atomic E-state index is -3.90. The largest absolute Gasteiger partial charge is 0.326 e. The molecule has 0 aliphatic heterocycles. The highest BCUT2D eigenvalue weighted by molar-refractivity contribution is 7.86. The van der Waals surface area contributed by atoms with Crippen molar-refractivity contribution < 1.29 is 13.0 Å². The molecule has 0 radical (unpaired) electrons. The second-order valence-electron chi connectivity index (χ2n) is 3.00. The van der Waals surface area contributed by atoms with Crippen LogP contribution in [0.4, 0.5) is 0 Å². The first kappa shape index (κ1) is 8.96. The van der Waals surface area contributed by atoms with Gasteiger partial charge >= 0.3 is 0 Å². The quantitative estimate of drug-likeness (QED) is 0.561. The van der Waals surface area contributed by atoms with E-state index in [4.69, 9.17) is 10.3 Å². The average Bonchev–Trinajstić information content (AvgIpc) is 1.86. The smallest absolute Gasteiger partial charge is 0.269 e. The molecule has 1 unspecified atom stereocenters. The Morgan fingerprint density at radius 2 is 1.82 bits per heavy atom. The Kier molecular flexibility index (Phi) is 2.51. The molecule has 5 heteroatoms. The highest BCUT2D eigenvalue weighted by atomic mass is 32.2. The van der Waals surface area contributed by atoms with E-state index in [1.807, 2.05) is 0 Å². The fraction of sp³-hybridized carbons (Fsp3) is 1.00. The van der Waals surface area contributed by atoms with E-state index in [-0.39, 0.29) is 6.04 Å². The van der Waals surface area contributed by atoms with Crippen molar-refractivity contribution in [2.75, 3.05) is 0 Å². The Hall–Kier alpha value is -0.130. The lowest BCUT2D eigenvalue weighted by atomic mass is 9.96. The van der Waals surface area contributed by atoms with Crippen LogP contribution in [0.2, 0.25) is 0 Å². The van der Waals surface area contributed by atoms with Crippen LogP contribution in [-0.2, 0) is 10.1 Å². The lowest BCUT2D eigenvalue weighted by Gasteiger charge is -2.25. The van der Waals surface area contributed by atoms with Crippen LogP contribution in [0.3, 0.4) is 0 Å². The van der Waals surface area contributed by atoms with Gasteiger partial charge in [0.2, 0.25) is 0 Å². The minimum Gasteiger partial charge on any atom is -0.326 e. The minimum absolute atomic E-state index is 0.376. The molecule has 1 aliphatic carbocycles. The first-order valence-electron chi connectivity index (χ1n) is 3.73. The van der Waals surface area contributed by atoms with Gasteiger partial charge in [0.1, 0.15) is 5.25 Å². The van der Waals surface area contributed by atoms with Crippen LogP contribution in [0, 0.1) is 0 Å². The zero-order valence-corrected chi connectivity index (χ0v) is 7.05. The number of rotatable bonds is 1. The van der Waals surface area contributed by atoms with Gasteiger partial charge in [-0.15, -0.1) is 0 Å². The van der Waals surface area contributed by atoms with Crippen LogP contribution in [0.25, 0.3) is 0 Å². The van der Waals surface area contributed by atoms with E-state index >= 15 is 0 Å². The normalized spacial score (nSPS) is 33.6. The topological polar surface area (TPSA) is 80.4 Å². The fourth-order valence-corrected chi connectivity index (χ4v) is 2.54. The van der Waals surface area contributed by atoms with Crippen molar-refractivity contribution in [2.24, 2.45) is 5.73 Å². The SMILES string of the molecule is N[C@H]1CCCCC1S(=O)(=O)O. The summed E-state index contributed by atoms with van der Waals surface area (Å²) in [5.41, 5.74) is 5.53. The van der Waals surface area contributed by atoms with Crippen LogP contribution < -0.4 is 5.73 Å². The summed E-state index contributed by atoms with van der Waals surface area (Å²) in [4.78, 5) is 0. The molecule has 0 aromatic carbocycles. The van der Waals surface area contributed by atoms with Crippen LogP contribution in [0.15, 0.2) is 0 Å². The van der Waals surface area contributed by atoms with Crippen molar-refractivity contribution in [1.29, 1.82) is 0 Å². The van der Waals surface area contributed by atoms with Crippen molar-refractivity contribution in [3.05, 3.63) is 0 Å². The molecule has 0 spiro atoms. The lowest BCUT2D eigenvalue weighted by molar-refractivity contribution is 0.395. The van der Waals surface area contributed by atoms with Gasteiger partial charge < -0.3 is 5.73 Å². The number of nitrogens with two attached hydrogens (primary N) is 1. The molecule has 4 nitrogen and oxygen atoms in total. The highest BCUT2D eigenvalue weighted by Gasteiger charge is 2.31. The lowest BCUT2D eigenvalue weighted by Crippen LogP contribution is -2.42. The van der Waals surface area contributed by atoms with Gasteiger partial charge in [0.25, 0.3) is 10.1 Å². The molecule has 11 heavy (non-hydrogen) atoms. The first-order chi connectivity index (χ1) is 5.02. The van der Waals surface area contributed by atoms with Gasteiger partial charge in [-0.25, -0.2) is 0 Å². The Morgan fingerprint density at radius 1 is 1.27 bits per heavy atom. The third-order valence-electron chi connectivity index (χ3n) is 2.14. The molecule has 3 N–H and O–H groups in total. The van der Waals surface area contributed by atoms with Gasteiger partial charge in [-0.3, -0.25) is 4.55 Å². The molecule has 2 atom stereocenters. The molecule has 0 aromatic rings. The van der Waals surface area contributed by atoms with Gasteiger partial charge in [0.15, 0.2) is 0 Å². The van der Waals surface area contributed by atoms with Crippen molar-refractivity contribution >= 4 is 10.1 Å². The van der Waals surface area contributed by atoms with E-state index in [0.717, 1.165) is 12.8 Å². The molecular formula is C6H13NO3S. The van der Waals surface area contributed by atoms with E-state index < -0.39 is 15.4 Å². The third-order valence-corrected chi connectivity index (χ3v) is 3.49. The van der Waals surface area contributed by atoms with Crippen LogP contribution in [-0.4, -0.2) is 24.3 Å². The molecule has 0 saturated heterocycles. The van der Waals surface area contributed by atoms with E-state index in [1.165, 1.54) is 0 Å². The maximum absolute atomic E-state index is 10.7. The predicted molar refractivity (Wildman–Crippen MR) is 41.8 cm³/mol. The van der Waals surface area contributed by atoms with Crippen LogP contribution in [0.5, 0.6) is 0 Å². The summed E-state index contributed by atoms with van der Waals surface area (Å²) in [5.74, 6) is 0. The van der Waals surface area contributed by atoms with Gasteiger partial charge in [0.05, 0.1) is 0 Å². The predicted octanol–water partition coefficient (Wildman–Crippen LogP) is 0.144. The monoisotopic (exact) mass is 179 g/mol. The molecule has 0 heterocycles. The summed E-state index contributed by atoms with van der Waals surface area (Å²) in [5, 5.41) is -0.726. The third kappa shape index (κ3) is 2.15. The van der Waals surface area contributed by atoms with E-state index in [2.05, 4.69) is 0 Å². The molecule has 0 aromatic heterocycles. The van der Waals surface area contributed by atoms with Gasteiger partial charge in [-0.05, 0) is 12.8 Å². The zero-order chi connectivity index (χ0) is 8.48. The molecule has 1 saturated carbocycles. The maximum Gasteiger partial charge on any atom is 0.269 e. The Balaban J connectivity index is 2.70. The molecule has 0 amide bonds. The van der Waals surface area contributed by atoms with Crippen LogP contribution >= 0.6 is 0 Å². The Morgan fingerprint density at radius 3 is 2.18 bits per heavy atom. The van der Waals surface area contributed by atoms with Crippen LogP contribution in [0.1, 0.15) is 25.7 Å². The van der Waals surface area contributed by atoms with Crippen molar-refractivity contribution in [2.45, 2.75) is 37.0 Å². The summed E-state index contributed by atoms with van der Waals surface area (Å²) in [6, 6.07) is -0.376. The highest BCUT2D eigenvalue weighted by Crippen LogP contribution is 2.21. The summed E-state index contributed by atoms with van der Waals surface area (Å²) in [7, 11) is -3.90. The Labute approximate surface area is 66.5 Å². The summed E-state index contributed by atoms with van der Waals surface area (Å²) in [6.45, 7) is 0. The molecule has 1 aliphatic rings. The second-order valence-corrected chi connectivity index (χ2v) is 4.64. The van der Waals surface area contributed by atoms with Crippen molar-refractivity contribution in [3.63, 3.8) is 0 Å². The van der Waals surface area contributed by atoms with E-state index in [0.29, 0.717) is 12.8 Å². The second kappa shape index (κ2) is 3.08.